The van der Waals surface area contributed by atoms with Gasteiger partial charge >= 0.3 is 0 Å². The third-order valence-corrected chi connectivity index (χ3v) is 3.23. The van der Waals surface area contributed by atoms with Gasteiger partial charge < -0.3 is 5.73 Å². The zero-order valence-corrected chi connectivity index (χ0v) is 10.7. The molecule has 0 fully saturated rings. The van der Waals surface area contributed by atoms with Crippen LogP contribution in [0.15, 0.2) is 24.3 Å². The molecule has 1 atom stereocenters. The highest BCUT2D eigenvalue weighted by molar-refractivity contribution is 5.46. The average Bonchev–Trinajstić information content (AvgIpc) is 2.27. The lowest BCUT2D eigenvalue weighted by atomic mass is 9.97. The molecule has 0 radical (unpaired) electrons. The third kappa shape index (κ3) is 4.69. The summed E-state index contributed by atoms with van der Waals surface area (Å²) >= 11 is 0. The molecule has 1 aromatic carbocycles. The Kier molecular flexibility index (Phi) is 5.99. The summed E-state index contributed by atoms with van der Waals surface area (Å²) in [6.45, 7) is 4.63. The first-order valence-electron chi connectivity index (χ1n) is 6.57. The number of rotatable bonds is 7. The van der Waals surface area contributed by atoms with Crippen LogP contribution in [-0.4, -0.2) is 0 Å². The van der Waals surface area contributed by atoms with E-state index in [0.717, 1.165) is 18.0 Å². The second kappa shape index (κ2) is 7.32. The second-order valence-corrected chi connectivity index (χ2v) is 4.84. The molecule has 1 unspecified atom stereocenters. The van der Waals surface area contributed by atoms with Gasteiger partial charge in [0, 0.05) is 5.69 Å². The lowest BCUT2D eigenvalue weighted by Crippen LogP contribution is -1.97. The first kappa shape index (κ1) is 13.1. The van der Waals surface area contributed by atoms with Gasteiger partial charge in [0.05, 0.1) is 0 Å². The highest BCUT2D eigenvalue weighted by Gasteiger charge is 2.01. The quantitative estimate of drug-likeness (QED) is 0.533. The summed E-state index contributed by atoms with van der Waals surface area (Å²) in [4.78, 5) is 0. The Hall–Kier alpha value is -0.980. The van der Waals surface area contributed by atoms with Gasteiger partial charge in [-0.25, -0.2) is 0 Å². The molecule has 0 amide bonds. The first-order chi connectivity index (χ1) is 7.74. The van der Waals surface area contributed by atoms with Crippen molar-refractivity contribution in [1.82, 2.24) is 0 Å². The molecule has 0 aliphatic heterocycles. The van der Waals surface area contributed by atoms with Gasteiger partial charge in [-0.15, -0.1) is 0 Å². The topological polar surface area (TPSA) is 26.0 Å². The van der Waals surface area contributed by atoms with Crippen molar-refractivity contribution in [2.45, 2.75) is 52.4 Å². The van der Waals surface area contributed by atoms with Gasteiger partial charge in [-0.05, 0) is 30.4 Å². The molecule has 1 aromatic rings. The average molecular weight is 219 g/mol. The molecular weight excluding hydrogens is 194 g/mol. The summed E-state index contributed by atoms with van der Waals surface area (Å²) in [6, 6.07) is 8.22. The van der Waals surface area contributed by atoms with Crippen LogP contribution in [0.4, 0.5) is 5.69 Å². The summed E-state index contributed by atoms with van der Waals surface area (Å²) in [5, 5.41) is 0. The minimum Gasteiger partial charge on any atom is -0.399 e. The second-order valence-electron chi connectivity index (χ2n) is 4.84. The Morgan fingerprint density at radius 2 is 1.88 bits per heavy atom. The van der Waals surface area contributed by atoms with E-state index in [0.29, 0.717) is 0 Å². The molecule has 0 aliphatic carbocycles. The summed E-state index contributed by atoms with van der Waals surface area (Å²) in [7, 11) is 0. The zero-order chi connectivity index (χ0) is 11.8. The van der Waals surface area contributed by atoms with Gasteiger partial charge in [0.2, 0.25) is 0 Å². The van der Waals surface area contributed by atoms with E-state index in [9.17, 15) is 0 Å². The van der Waals surface area contributed by atoms with Gasteiger partial charge in [-0.1, -0.05) is 57.7 Å². The van der Waals surface area contributed by atoms with Crippen LogP contribution in [0.1, 0.15) is 51.5 Å². The standard InChI is InChI=1S/C15H25N/c1-3-8-13(2)9-4-5-10-14-11-6-7-12-15(14)16/h6-7,11-13H,3-5,8-10,16H2,1-2H3. The van der Waals surface area contributed by atoms with E-state index in [4.69, 9.17) is 5.73 Å². The van der Waals surface area contributed by atoms with Crippen molar-refractivity contribution < 1.29 is 0 Å². The first-order valence-corrected chi connectivity index (χ1v) is 6.57. The molecule has 2 N–H and O–H groups in total. The Morgan fingerprint density at radius 1 is 1.12 bits per heavy atom. The number of anilines is 1. The number of nitrogen functional groups attached to an aromatic ring is 1. The van der Waals surface area contributed by atoms with Gasteiger partial charge in [0.25, 0.3) is 0 Å². The summed E-state index contributed by atoms with van der Waals surface area (Å²) < 4.78 is 0. The maximum absolute atomic E-state index is 5.91. The molecule has 0 aliphatic rings. The maximum atomic E-state index is 5.91. The van der Waals surface area contributed by atoms with Crippen LogP contribution in [0.5, 0.6) is 0 Å². The number of hydrogen-bond donors (Lipinski definition) is 1. The maximum Gasteiger partial charge on any atom is 0.0346 e. The number of unbranched alkanes of at least 4 members (excludes halogenated alkanes) is 1. The van der Waals surface area contributed by atoms with Crippen molar-refractivity contribution >= 4 is 5.69 Å². The van der Waals surface area contributed by atoms with Crippen LogP contribution in [-0.2, 0) is 6.42 Å². The molecule has 0 bridgehead atoms. The number of hydrogen-bond acceptors (Lipinski definition) is 1. The van der Waals surface area contributed by atoms with E-state index < -0.39 is 0 Å². The van der Waals surface area contributed by atoms with Crippen molar-refractivity contribution in [3.8, 4) is 0 Å². The van der Waals surface area contributed by atoms with E-state index >= 15 is 0 Å². The van der Waals surface area contributed by atoms with Crippen LogP contribution in [0.2, 0.25) is 0 Å². The van der Waals surface area contributed by atoms with Crippen molar-refractivity contribution in [3.63, 3.8) is 0 Å². The smallest absolute Gasteiger partial charge is 0.0346 e. The lowest BCUT2D eigenvalue weighted by molar-refractivity contribution is 0.461. The van der Waals surface area contributed by atoms with E-state index in [1.165, 1.54) is 37.7 Å². The van der Waals surface area contributed by atoms with Crippen molar-refractivity contribution in [1.29, 1.82) is 0 Å². The Morgan fingerprint density at radius 3 is 2.56 bits per heavy atom. The van der Waals surface area contributed by atoms with Crippen molar-refractivity contribution in [2.24, 2.45) is 5.92 Å². The minimum atomic E-state index is 0.887. The van der Waals surface area contributed by atoms with Crippen LogP contribution in [0.25, 0.3) is 0 Å². The third-order valence-electron chi connectivity index (χ3n) is 3.23. The van der Waals surface area contributed by atoms with E-state index in [1.54, 1.807) is 0 Å². The van der Waals surface area contributed by atoms with E-state index in [1.807, 2.05) is 12.1 Å². The Bertz CT molecular complexity index is 293. The van der Waals surface area contributed by atoms with Gasteiger partial charge in [-0.3, -0.25) is 0 Å². The van der Waals surface area contributed by atoms with Crippen molar-refractivity contribution in [2.75, 3.05) is 5.73 Å². The van der Waals surface area contributed by atoms with Gasteiger partial charge in [0.15, 0.2) is 0 Å². The van der Waals surface area contributed by atoms with E-state index in [2.05, 4.69) is 26.0 Å². The molecule has 90 valence electrons. The fourth-order valence-electron chi connectivity index (χ4n) is 2.21. The number of nitrogens with two attached hydrogens (primary N) is 1. The summed E-state index contributed by atoms with van der Waals surface area (Å²) in [5.41, 5.74) is 8.17. The number of benzene rings is 1. The molecule has 16 heavy (non-hydrogen) atoms. The predicted octanol–water partition coefficient (Wildman–Crippen LogP) is 4.42. The lowest BCUT2D eigenvalue weighted by Gasteiger charge is -2.10. The molecule has 0 spiro atoms. The van der Waals surface area contributed by atoms with Crippen LogP contribution in [0.3, 0.4) is 0 Å². The minimum absolute atomic E-state index is 0.887. The molecule has 1 heteroatoms. The monoisotopic (exact) mass is 219 g/mol. The molecule has 1 nitrogen and oxygen atoms in total. The zero-order valence-electron chi connectivity index (χ0n) is 10.7. The van der Waals surface area contributed by atoms with Gasteiger partial charge in [0.1, 0.15) is 0 Å². The normalized spacial score (nSPS) is 12.6. The number of aryl methyl sites for hydroxylation is 1. The summed E-state index contributed by atoms with van der Waals surface area (Å²) in [5.74, 6) is 0.887. The highest BCUT2D eigenvalue weighted by atomic mass is 14.6. The molecule has 1 rings (SSSR count). The largest absolute Gasteiger partial charge is 0.399 e. The van der Waals surface area contributed by atoms with Crippen LogP contribution in [0, 0.1) is 5.92 Å². The van der Waals surface area contributed by atoms with Crippen LogP contribution >= 0.6 is 0 Å². The molecule has 0 heterocycles. The molecular formula is C15H25N. The SMILES string of the molecule is CCCC(C)CCCCc1ccccc1N. The van der Waals surface area contributed by atoms with Crippen molar-refractivity contribution in [3.05, 3.63) is 29.8 Å². The molecule has 0 aromatic heterocycles. The molecule has 0 saturated carbocycles. The Balaban J connectivity index is 2.19. The van der Waals surface area contributed by atoms with Gasteiger partial charge in [-0.2, -0.15) is 0 Å². The Labute approximate surface area is 100 Å². The number of para-hydroxylation sites is 1. The van der Waals surface area contributed by atoms with Crippen LogP contribution < -0.4 is 5.73 Å². The summed E-state index contributed by atoms with van der Waals surface area (Å²) in [6.07, 6.45) is 7.77. The molecule has 0 saturated heterocycles. The highest BCUT2D eigenvalue weighted by Crippen LogP contribution is 2.17. The fourth-order valence-corrected chi connectivity index (χ4v) is 2.21. The van der Waals surface area contributed by atoms with E-state index in [-0.39, 0.29) is 0 Å². The predicted molar refractivity (Wildman–Crippen MR) is 72.5 cm³/mol. The fraction of sp³-hybridized carbons (Fsp3) is 0.600.